The number of rotatable bonds is 14. The van der Waals surface area contributed by atoms with E-state index in [0.29, 0.717) is 21.8 Å². The van der Waals surface area contributed by atoms with Crippen LogP contribution in [0.1, 0.15) is 38.8 Å². The molecule has 0 radical (unpaired) electrons. The van der Waals surface area contributed by atoms with Crippen molar-refractivity contribution in [3.63, 3.8) is 0 Å². The van der Waals surface area contributed by atoms with E-state index in [4.69, 9.17) is 15.4 Å². The summed E-state index contributed by atoms with van der Waals surface area (Å²) >= 11 is 0.912. The zero-order valence-electron chi connectivity index (χ0n) is 27.1. The molecule has 49 heavy (non-hydrogen) atoms. The minimum Gasteiger partial charge on any atom is -0.748 e. The highest BCUT2D eigenvalue weighted by Gasteiger charge is 2.44. The normalized spacial score (nSPS) is 18.4. The van der Waals surface area contributed by atoms with Gasteiger partial charge in [-0.1, -0.05) is 44.2 Å². The highest BCUT2D eigenvalue weighted by molar-refractivity contribution is 7.94. The fraction of sp³-hybridized carbons (Fsp3) is 0.323. The molecule has 14 nitrogen and oxygen atoms in total. The van der Waals surface area contributed by atoms with Crippen LogP contribution in [0.25, 0.3) is 0 Å². The molecule has 2 aliphatic heterocycles. The molecule has 266 valence electrons. The first-order valence-electron chi connectivity index (χ1n) is 14.7. The fourth-order valence-electron chi connectivity index (χ4n) is 5.97. The molecule has 2 heterocycles. The van der Waals surface area contributed by atoms with E-state index in [0.717, 1.165) is 29.0 Å². The van der Waals surface area contributed by atoms with Crippen molar-refractivity contribution in [3.8, 4) is 0 Å². The van der Waals surface area contributed by atoms with Crippen molar-refractivity contribution in [1.29, 1.82) is 0 Å². The number of sulfonamides is 1. The number of nitrogens with two attached hydrogens (primary N) is 2. The number of anilines is 1. The average Bonchev–Trinajstić information content (AvgIpc) is 3.33. The Labute approximate surface area is 291 Å². The van der Waals surface area contributed by atoms with E-state index in [-0.39, 0.29) is 18.0 Å². The predicted molar refractivity (Wildman–Crippen MR) is 184 cm³/mol. The van der Waals surface area contributed by atoms with Gasteiger partial charge in [0.1, 0.15) is 10.1 Å². The molecule has 2 aromatic rings. The summed E-state index contributed by atoms with van der Waals surface area (Å²) < 4.78 is 99.6. The molecular weight excluding hydrogens is 717 g/mol. The largest absolute Gasteiger partial charge is 0.748 e. The number of nitrogens with zero attached hydrogens (tertiary/aromatic N) is 2. The van der Waals surface area contributed by atoms with E-state index >= 15 is 0 Å². The highest BCUT2D eigenvalue weighted by atomic mass is 32.2. The Bertz CT molecular complexity index is 2100. The van der Waals surface area contributed by atoms with Gasteiger partial charge in [0.2, 0.25) is 15.7 Å². The number of benzene rings is 2. The standard InChI is InChI=1S/C31H38N4O10S4/c1-30(2)24-20-22(46-45-44-32)12-14-26(24)34(16-18-47(36,37)38)28(30)10-8-6-5-7-9-11-29-31(3,4)25-21-23(49(33,42)43)13-15-27(25)35(29)17-19-48(39,40)41/h5-15,20-21H,16-19,32H2,1-4H3,(H3-,33,36,37,38,39,40,41,42,43)/p-1. The summed E-state index contributed by atoms with van der Waals surface area (Å²) in [6.45, 7) is 7.47. The van der Waals surface area contributed by atoms with Crippen LogP contribution in [0.15, 0.2) is 94.4 Å². The van der Waals surface area contributed by atoms with E-state index in [1.54, 1.807) is 64.1 Å². The first kappa shape index (κ1) is 38.6. The van der Waals surface area contributed by atoms with Gasteiger partial charge >= 0.3 is 0 Å². The summed E-state index contributed by atoms with van der Waals surface area (Å²) in [5, 5.41) is 5.35. The Morgan fingerprint density at radius 1 is 0.857 bits per heavy atom. The molecule has 4 rings (SSSR count). The summed E-state index contributed by atoms with van der Waals surface area (Å²) in [4.78, 5) is 6.47. The molecule has 2 aliphatic rings. The van der Waals surface area contributed by atoms with Gasteiger partial charge in [-0.25, -0.2) is 30.4 Å². The summed E-state index contributed by atoms with van der Waals surface area (Å²) in [5.74, 6) is 3.71. The van der Waals surface area contributed by atoms with E-state index in [9.17, 15) is 34.4 Å². The van der Waals surface area contributed by atoms with Gasteiger partial charge in [0.15, 0.2) is 12.3 Å². The molecule has 0 saturated heterocycles. The average molecular weight is 754 g/mol. The van der Waals surface area contributed by atoms with Crippen LogP contribution in [0.4, 0.5) is 11.4 Å². The third kappa shape index (κ3) is 9.14. The molecule has 0 saturated carbocycles. The van der Waals surface area contributed by atoms with Gasteiger partial charge in [-0.05, 0) is 55.8 Å². The predicted octanol–water partition coefficient (Wildman–Crippen LogP) is 2.98. The molecular formula is C31H37N4O10S4-. The zero-order valence-corrected chi connectivity index (χ0v) is 30.4. The molecule has 0 atom stereocenters. The summed E-state index contributed by atoms with van der Waals surface area (Å²) in [6, 6.07) is 9.77. The Kier molecular flexibility index (Phi) is 11.5. The lowest BCUT2D eigenvalue weighted by Crippen LogP contribution is -2.30. The van der Waals surface area contributed by atoms with Crippen LogP contribution >= 0.6 is 12.0 Å². The topological polar surface area (TPSA) is 225 Å². The third-order valence-corrected chi connectivity index (χ3v) is 11.2. The van der Waals surface area contributed by atoms with Crippen LogP contribution in [0.5, 0.6) is 0 Å². The van der Waals surface area contributed by atoms with Gasteiger partial charge in [-0.3, -0.25) is 0 Å². The van der Waals surface area contributed by atoms with Gasteiger partial charge in [0, 0.05) is 45.9 Å². The highest BCUT2D eigenvalue weighted by Crippen LogP contribution is 2.48. The smallest absolute Gasteiger partial charge is 0.238 e. The molecule has 4 N–H and O–H groups in total. The van der Waals surface area contributed by atoms with E-state index in [1.165, 1.54) is 12.1 Å². The van der Waals surface area contributed by atoms with Crippen molar-refractivity contribution >= 4 is 59.4 Å². The Morgan fingerprint density at radius 2 is 1.51 bits per heavy atom. The molecule has 0 aliphatic carbocycles. The van der Waals surface area contributed by atoms with Crippen molar-refractivity contribution < 1.29 is 48.3 Å². The number of hydrogen-bond donors (Lipinski definition) is 2. The quantitative estimate of drug-likeness (QED) is 0.0708. The first-order valence-corrected chi connectivity index (χ1v) is 20.1. The van der Waals surface area contributed by atoms with Crippen molar-refractivity contribution in [2.45, 2.75) is 48.3 Å². The molecule has 18 heteroatoms. The van der Waals surface area contributed by atoms with Crippen LogP contribution in [0.2, 0.25) is 0 Å². The minimum atomic E-state index is -4.53. The third-order valence-electron chi connectivity index (χ3n) is 8.31. The van der Waals surface area contributed by atoms with Crippen molar-refractivity contribution in [1.82, 2.24) is 0 Å². The van der Waals surface area contributed by atoms with Crippen molar-refractivity contribution in [3.05, 3.63) is 95.8 Å². The lowest BCUT2D eigenvalue weighted by atomic mass is 9.81. The molecule has 0 fully saturated rings. The van der Waals surface area contributed by atoms with Crippen LogP contribution in [-0.2, 0) is 50.4 Å². The monoisotopic (exact) mass is 753 g/mol. The van der Waals surface area contributed by atoms with E-state index in [1.807, 2.05) is 39.8 Å². The maximum Gasteiger partial charge on any atom is 0.238 e. The first-order chi connectivity index (χ1) is 22.7. The number of fused-ring (bicyclic) bond motifs is 2. The summed E-state index contributed by atoms with van der Waals surface area (Å²) in [7, 11) is -13.0. The summed E-state index contributed by atoms with van der Waals surface area (Å²) in [5.41, 5.74) is 2.85. The minimum absolute atomic E-state index is 0.0466. The Morgan fingerprint density at radius 3 is 2.14 bits per heavy atom. The second-order valence-electron chi connectivity index (χ2n) is 12.3. The zero-order chi connectivity index (χ0) is 36.4. The fourth-order valence-corrected chi connectivity index (χ4v) is 7.73. The van der Waals surface area contributed by atoms with Gasteiger partial charge in [0.05, 0.1) is 44.0 Å². The van der Waals surface area contributed by atoms with E-state index in [2.05, 4.69) is 4.99 Å². The number of hydrogen-bond acceptors (Lipinski definition) is 13. The Balaban J connectivity index is 1.61. The van der Waals surface area contributed by atoms with Crippen LogP contribution in [-0.4, -0.2) is 69.2 Å². The van der Waals surface area contributed by atoms with Crippen LogP contribution < -0.4 is 15.9 Å². The molecule has 0 spiro atoms. The van der Waals surface area contributed by atoms with Crippen LogP contribution in [0.3, 0.4) is 0 Å². The van der Waals surface area contributed by atoms with Gasteiger partial charge in [-0.15, -0.1) is 9.32 Å². The molecule has 0 unspecified atom stereocenters. The Hall–Kier alpha value is -3.17. The second kappa shape index (κ2) is 14.6. The molecule has 0 aromatic heterocycles. The van der Waals surface area contributed by atoms with E-state index < -0.39 is 52.6 Å². The summed E-state index contributed by atoms with van der Waals surface area (Å²) in [6.07, 6.45) is 12.3. The number of allylic oxidation sites excluding steroid dienone is 8. The number of primary sulfonamides is 1. The van der Waals surface area contributed by atoms with Crippen molar-refractivity contribution in [2.75, 3.05) is 29.5 Å². The van der Waals surface area contributed by atoms with Gasteiger partial charge in [-0.2, -0.15) is 10.5 Å². The second-order valence-corrected chi connectivity index (χ2v) is 17.7. The molecule has 0 amide bonds. The SMILES string of the molecule is CC1(C)C(/C=C/C=C/C=C/C=C2/N(CCS(=O)(=O)[O-])c3ccc(S(N)(=O)=O)cc3C2(C)C)=[N+](CCS(=O)(=O)[O-])c2ccc(SOON)cc21. The lowest BCUT2D eigenvalue weighted by molar-refractivity contribution is -0.432. The lowest BCUT2D eigenvalue weighted by Gasteiger charge is -2.27. The molecule has 2 aromatic carbocycles. The maximum atomic E-state index is 12.0. The van der Waals surface area contributed by atoms with Crippen molar-refractivity contribution in [2.24, 2.45) is 11.0 Å². The maximum absolute atomic E-state index is 12.0. The molecule has 0 bridgehead atoms. The van der Waals surface area contributed by atoms with Gasteiger partial charge in [0.25, 0.3) is 0 Å². The van der Waals surface area contributed by atoms with Gasteiger partial charge < -0.3 is 14.0 Å². The van der Waals surface area contributed by atoms with Crippen LogP contribution in [0, 0.1) is 0 Å².